The molecule has 0 nitrogen and oxygen atoms in total. The minimum atomic E-state index is 0.387. The zero-order valence-electron chi connectivity index (χ0n) is 16.8. The minimum absolute atomic E-state index is 0.387. The summed E-state index contributed by atoms with van der Waals surface area (Å²) in [6.07, 6.45) is 8.43. The molecule has 0 aliphatic heterocycles. The highest BCUT2D eigenvalue weighted by Crippen LogP contribution is 2.26. The molecule has 0 aromatic heterocycles. The zero-order valence-corrected chi connectivity index (χ0v) is 16.8. The molecule has 0 amide bonds. The van der Waals surface area contributed by atoms with Crippen LogP contribution in [0.15, 0.2) is 116 Å². The quantitative estimate of drug-likeness (QED) is 0.376. The first-order valence-electron chi connectivity index (χ1n) is 9.90. The lowest BCUT2D eigenvalue weighted by Gasteiger charge is -2.13. The Balaban J connectivity index is 1.73. The highest BCUT2D eigenvalue weighted by Gasteiger charge is 2.08. The molecular formula is C28H28. The van der Waals surface area contributed by atoms with Gasteiger partial charge in [-0.3, -0.25) is 0 Å². The normalized spacial score (nSPS) is 14.0. The summed E-state index contributed by atoms with van der Waals surface area (Å²) < 4.78 is 0. The van der Waals surface area contributed by atoms with Crippen molar-refractivity contribution in [3.05, 3.63) is 138 Å². The van der Waals surface area contributed by atoms with Crippen molar-refractivity contribution in [3.63, 3.8) is 0 Å². The molecule has 0 heteroatoms. The van der Waals surface area contributed by atoms with E-state index in [-0.39, 0.29) is 0 Å². The molecule has 2 unspecified atom stereocenters. The van der Waals surface area contributed by atoms with Gasteiger partial charge >= 0.3 is 0 Å². The van der Waals surface area contributed by atoms with Crippen LogP contribution in [0.1, 0.15) is 47.9 Å². The Kier molecular flexibility index (Phi) is 6.81. The summed E-state index contributed by atoms with van der Waals surface area (Å²) in [6, 6.07) is 30.0. The average Bonchev–Trinajstić information content (AvgIpc) is 2.77. The Labute approximate surface area is 169 Å². The second-order valence-corrected chi connectivity index (χ2v) is 7.16. The van der Waals surface area contributed by atoms with Crippen molar-refractivity contribution < 1.29 is 0 Å². The molecule has 2 atom stereocenters. The predicted molar refractivity (Wildman–Crippen MR) is 123 cm³/mol. The third-order valence-corrected chi connectivity index (χ3v) is 5.26. The standard InChI is InChI=1S/C28H28/c1-4-24(17-11-12-22(2)25-13-7-5-8-14-25)28-20-18-27(19-21-28)23(3)26-15-9-6-10-16-26/h4-23H,1H2,2-3H3/b12-11-,24-17+. The van der Waals surface area contributed by atoms with Crippen LogP contribution in [0.5, 0.6) is 0 Å². The van der Waals surface area contributed by atoms with Crippen LogP contribution in [0.2, 0.25) is 0 Å². The second-order valence-electron chi connectivity index (χ2n) is 7.16. The van der Waals surface area contributed by atoms with Gasteiger partial charge < -0.3 is 0 Å². The first-order valence-corrected chi connectivity index (χ1v) is 9.90. The molecule has 0 bridgehead atoms. The molecule has 0 saturated heterocycles. The van der Waals surface area contributed by atoms with Gasteiger partial charge in [0.2, 0.25) is 0 Å². The van der Waals surface area contributed by atoms with Crippen LogP contribution in [-0.2, 0) is 0 Å². The van der Waals surface area contributed by atoms with Gasteiger partial charge in [0.15, 0.2) is 0 Å². The monoisotopic (exact) mass is 364 g/mol. The van der Waals surface area contributed by atoms with Gasteiger partial charge in [0, 0.05) is 5.92 Å². The SMILES string of the molecule is C=C/C(=C\C=C/C(C)c1ccccc1)c1ccc(C(C)c2ccccc2)cc1. The fraction of sp³-hybridized carbons (Fsp3) is 0.143. The number of hydrogen-bond acceptors (Lipinski definition) is 0. The van der Waals surface area contributed by atoms with Crippen molar-refractivity contribution in [2.75, 3.05) is 0 Å². The number of hydrogen-bond donors (Lipinski definition) is 0. The highest BCUT2D eigenvalue weighted by atomic mass is 14.1. The van der Waals surface area contributed by atoms with Gasteiger partial charge in [-0.05, 0) is 33.7 Å². The van der Waals surface area contributed by atoms with Crippen LogP contribution >= 0.6 is 0 Å². The van der Waals surface area contributed by atoms with Crippen LogP contribution < -0.4 is 0 Å². The van der Waals surface area contributed by atoms with E-state index in [0.717, 1.165) is 5.57 Å². The van der Waals surface area contributed by atoms with E-state index in [1.54, 1.807) is 0 Å². The lowest BCUT2D eigenvalue weighted by molar-refractivity contribution is 0.922. The average molecular weight is 365 g/mol. The van der Waals surface area contributed by atoms with Gasteiger partial charge in [0.25, 0.3) is 0 Å². The van der Waals surface area contributed by atoms with Crippen LogP contribution in [0, 0.1) is 0 Å². The molecule has 28 heavy (non-hydrogen) atoms. The largest absolute Gasteiger partial charge is 0.0984 e. The van der Waals surface area contributed by atoms with E-state index in [4.69, 9.17) is 0 Å². The van der Waals surface area contributed by atoms with Crippen molar-refractivity contribution in [2.45, 2.75) is 25.7 Å². The fourth-order valence-corrected chi connectivity index (χ4v) is 3.37. The summed E-state index contributed by atoms with van der Waals surface area (Å²) in [6.45, 7) is 8.46. The Morgan fingerprint density at radius 3 is 1.82 bits per heavy atom. The number of rotatable bonds is 7. The zero-order chi connectivity index (χ0) is 19.8. The molecule has 3 aromatic carbocycles. The number of benzene rings is 3. The summed E-state index contributed by atoms with van der Waals surface area (Å²) in [5, 5.41) is 0. The van der Waals surface area contributed by atoms with Crippen molar-refractivity contribution in [1.29, 1.82) is 0 Å². The molecular weight excluding hydrogens is 336 g/mol. The van der Waals surface area contributed by atoms with Crippen LogP contribution in [0.25, 0.3) is 5.57 Å². The third-order valence-electron chi connectivity index (χ3n) is 5.26. The molecule has 0 N–H and O–H groups in total. The molecule has 3 rings (SSSR count). The van der Waals surface area contributed by atoms with Gasteiger partial charge in [0.05, 0.1) is 0 Å². The van der Waals surface area contributed by atoms with Gasteiger partial charge in [-0.2, -0.15) is 0 Å². The third kappa shape index (κ3) is 4.98. The smallest absolute Gasteiger partial charge is 0.00610 e. The van der Waals surface area contributed by atoms with E-state index in [0.29, 0.717) is 11.8 Å². The molecule has 0 fully saturated rings. The molecule has 3 aromatic rings. The molecule has 0 heterocycles. The van der Waals surface area contributed by atoms with E-state index < -0.39 is 0 Å². The molecule has 140 valence electrons. The highest BCUT2D eigenvalue weighted by molar-refractivity contribution is 5.74. The molecule has 0 aliphatic rings. The van der Waals surface area contributed by atoms with Gasteiger partial charge in [-0.1, -0.05) is 130 Å². The van der Waals surface area contributed by atoms with E-state index in [9.17, 15) is 0 Å². The van der Waals surface area contributed by atoms with E-state index in [1.807, 2.05) is 6.08 Å². The van der Waals surface area contributed by atoms with Gasteiger partial charge in [0.1, 0.15) is 0 Å². The van der Waals surface area contributed by atoms with Crippen LogP contribution in [-0.4, -0.2) is 0 Å². The molecule has 0 radical (unpaired) electrons. The fourth-order valence-electron chi connectivity index (χ4n) is 3.37. The Hall–Kier alpha value is -3.12. The maximum absolute atomic E-state index is 4.00. The predicted octanol–water partition coefficient (Wildman–Crippen LogP) is 7.77. The molecule has 0 saturated carbocycles. The Morgan fingerprint density at radius 1 is 0.714 bits per heavy atom. The van der Waals surface area contributed by atoms with Crippen molar-refractivity contribution in [3.8, 4) is 0 Å². The maximum Gasteiger partial charge on any atom is 0.00610 e. The molecule has 0 spiro atoms. The summed E-state index contributed by atoms with van der Waals surface area (Å²) in [7, 11) is 0. The van der Waals surface area contributed by atoms with Crippen LogP contribution in [0.4, 0.5) is 0 Å². The van der Waals surface area contributed by atoms with E-state index in [2.05, 4.69) is 124 Å². The lowest BCUT2D eigenvalue weighted by atomic mass is 9.91. The van der Waals surface area contributed by atoms with Crippen molar-refractivity contribution in [2.24, 2.45) is 0 Å². The first kappa shape index (κ1) is 19.6. The van der Waals surface area contributed by atoms with Crippen LogP contribution in [0.3, 0.4) is 0 Å². The number of allylic oxidation sites excluding steroid dienone is 5. The first-order chi connectivity index (χ1) is 13.7. The lowest BCUT2D eigenvalue weighted by Crippen LogP contribution is -1.95. The van der Waals surface area contributed by atoms with Gasteiger partial charge in [-0.25, -0.2) is 0 Å². The van der Waals surface area contributed by atoms with Crippen molar-refractivity contribution >= 4 is 5.57 Å². The van der Waals surface area contributed by atoms with E-state index in [1.165, 1.54) is 22.3 Å². The summed E-state index contributed by atoms with van der Waals surface area (Å²) in [5.41, 5.74) is 6.32. The molecule has 0 aliphatic carbocycles. The minimum Gasteiger partial charge on any atom is -0.0984 e. The maximum atomic E-state index is 4.00. The Bertz CT molecular complexity index is 928. The van der Waals surface area contributed by atoms with Gasteiger partial charge in [-0.15, -0.1) is 0 Å². The topological polar surface area (TPSA) is 0 Å². The summed E-state index contributed by atoms with van der Waals surface area (Å²) in [4.78, 5) is 0. The van der Waals surface area contributed by atoms with Crippen molar-refractivity contribution in [1.82, 2.24) is 0 Å². The Morgan fingerprint density at radius 2 is 1.25 bits per heavy atom. The summed E-state index contributed by atoms with van der Waals surface area (Å²) in [5.74, 6) is 0.774. The van der Waals surface area contributed by atoms with E-state index >= 15 is 0 Å². The second kappa shape index (κ2) is 9.71. The summed E-state index contributed by atoms with van der Waals surface area (Å²) >= 11 is 0.